The summed E-state index contributed by atoms with van der Waals surface area (Å²) in [6, 6.07) is 14.5. The molecule has 0 saturated heterocycles. The molecule has 2 N–H and O–H groups in total. The fourth-order valence-corrected chi connectivity index (χ4v) is 2.66. The lowest BCUT2D eigenvalue weighted by Crippen LogP contribution is -2.42. The van der Waals surface area contributed by atoms with E-state index in [1.54, 1.807) is 29.2 Å². The van der Waals surface area contributed by atoms with Crippen LogP contribution in [0.3, 0.4) is 0 Å². The van der Waals surface area contributed by atoms with Gasteiger partial charge in [0.25, 0.3) is 0 Å². The van der Waals surface area contributed by atoms with Crippen molar-refractivity contribution in [2.75, 3.05) is 27.2 Å². The fourth-order valence-electron chi connectivity index (χ4n) is 2.66. The molecule has 0 heterocycles. The number of benzene rings is 2. The van der Waals surface area contributed by atoms with Crippen LogP contribution >= 0.6 is 0 Å². The molecule has 2 aromatic rings. The third-order valence-corrected chi connectivity index (χ3v) is 4.20. The SMILES string of the molecule is Cc1cccc(CN(CCN(C)C)C(=O)NCc2ccc(C(=O)O)cc2)c1. The molecule has 27 heavy (non-hydrogen) atoms. The van der Waals surface area contributed by atoms with E-state index in [1.807, 2.05) is 44.1 Å². The lowest BCUT2D eigenvalue weighted by Gasteiger charge is -2.25. The quantitative estimate of drug-likeness (QED) is 0.750. The number of aryl methyl sites for hydroxylation is 1. The number of aromatic carboxylic acids is 1. The highest BCUT2D eigenvalue weighted by Crippen LogP contribution is 2.09. The number of urea groups is 1. The van der Waals surface area contributed by atoms with E-state index in [0.29, 0.717) is 19.6 Å². The van der Waals surface area contributed by atoms with Crippen LogP contribution in [0.15, 0.2) is 48.5 Å². The number of nitrogens with one attached hydrogen (secondary N) is 1. The van der Waals surface area contributed by atoms with Crippen molar-refractivity contribution in [3.8, 4) is 0 Å². The highest BCUT2D eigenvalue weighted by Gasteiger charge is 2.14. The zero-order chi connectivity index (χ0) is 19.8. The van der Waals surface area contributed by atoms with Gasteiger partial charge in [-0.15, -0.1) is 0 Å². The first-order valence-electron chi connectivity index (χ1n) is 8.90. The first-order valence-corrected chi connectivity index (χ1v) is 8.90. The minimum Gasteiger partial charge on any atom is -0.478 e. The van der Waals surface area contributed by atoms with Crippen LogP contribution in [0.1, 0.15) is 27.0 Å². The number of carbonyl (C=O) groups excluding carboxylic acids is 1. The standard InChI is InChI=1S/C21H27N3O3/c1-16-5-4-6-18(13-16)15-24(12-11-23(2)3)21(27)22-14-17-7-9-19(10-8-17)20(25)26/h4-10,13H,11-12,14-15H2,1-3H3,(H,22,27)(H,25,26). The maximum atomic E-state index is 12.7. The third kappa shape index (κ3) is 6.75. The number of carboxylic acid groups (broad SMARTS) is 1. The van der Waals surface area contributed by atoms with Crippen molar-refractivity contribution in [2.45, 2.75) is 20.0 Å². The molecule has 0 unspecified atom stereocenters. The van der Waals surface area contributed by atoms with Gasteiger partial charge in [0.1, 0.15) is 0 Å². The van der Waals surface area contributed by atoms with Crippen molar-refractivity contribution in [3.63, 3.8) is 0 Å². The normalized spacial score (nSPS) is 10.7. The van der Waals surface area contributed by atoms with Gasteiger partial charge in [0.2, 0.25) is 0 Å². The van der Waals surface area contributed by atoms with Crippen LogP contribution in [0.5, 0.6) is 0 Å². The molecule has 144 valence electrons. The van der Waals surface area contributed by atoms with Crippen LogP contribution in [0.4, 0.5) is 4.79 Å². The largest absolute Gasteiger partial charge is 0.478 e. The summed E-state index contributed by atoms with van der Waals surface area (Å²) in [6.07, 6.45) is 0. The van der Waals surface area contributed by atoms with Crippen molar-refractivity contribution in [3.05, 3.63) is 70.8 Å². The molecule has 0 fully saturated rings. The lowest BCUT2D eigenvalue weighted by molar-refractivity contribution is 0.0697. The van der Waals surface area contributed by atoms with Crippen LogP contribution in [-0.4, -0.2) is 54.1 Å². The number of carbonyl (C=O) groups is 2. The third-order valence-electron chi connectivity index (χ3n) is 4.20. The molecule has 0 atom stereocenters. The smallest absolute Gasteiger partial charge is 0.335 e. The zero-order valence-electron chi connectivity index (χ0n) is 16.1. The summed E-state index contributed by atoms with van der Waals surface area (Å²) in [6.45, 7) is 4.32. The second-order valence-electron chi connectivity index (χ2n) is 6.87. The zero-order valence-corrected chi connectivity index (χ0v) is 16.1. The first kappa shape index (κ1) is 20.5. The van der Waals surface area contributed by atoms with Crippen LogP contribution in [0.25, 0.3) is 0 Å². The number of carboxylic acids is 1. The summed E-state index contributed by atoms with van der Waals surface area (Å²) >= 11 is 0. The number of hydrogen-bond acceptors (Lipinski definition) is 3. The molecule has 0 aliphatic heterocycles. The molecule has 0 aliphatic rings. The predicted molar refractivity (Wildman–Crippen MR) is 106 cm³/mol. The average Bonchev–Trinajstić information content (AvgIpc) is 2.63. The van der Waals surface area contributed by atoms with Gasteiger partial charge in [0.15, 0.2) is 0 Å². The van der Waals surface area contributed by atoms with Gasteiger partial charge >= 0.3 is 12.0 Å². The molecule has 0 aliphatic carbocycles. The molecule has 2 aromatic carbocycles. The van der Waals surface area contributed by atoms with Crippen molar-refractivity contribution in [1.82, 2.24) is 15.1 Å². The lowest BCUT2D eigenvalue weighted by atomic mass is 10.1. The fraction of sp³-hybridized carbons (Fsp3) is 0.333. The summed E-state index contributed by atoms with van der Waals surface area (Å²) in [5.74, 6) is -0.960. The van der Waals surface area contributed by atoms with Crippen LogP contribution < -0.4 is 5.32 Å². The summed E-state index contributed by atoms with van der Waals surface area (Å²) in [7, 11) is 3.96. The Kier molecular flexibility index (Phi) is 7.37. The Morgan fingerprint density at radius 2 is 1.70 bits per heavy atom. The van der Waals surface area contributed by atoms with E-state index in [-0.39, 0.29) is 11.6 Å². The van der Waals surface area contributed by atoms with Gasteiger partial charge in [-0.2, -0.15) is 0 Å². The minimum absolute atomic E-state index is 0.138. The van der Waals surface area contributed by atoms with E-state index in [2.05, 4.69) is 11.4 Å². The van der Waals surface area contributed by atoms with E-state index < -0.39 is 5.97 Å². The van der Waals surface area contributed by atoms with E-state index in [1.165, 1.54) is 5.56 Å². The van der Waals surface area contributed by atoms with E-state index in [9.17, 15) is 9.59 Å². The van der Waals surface area contributed by atoms with E-state index >= 15 is 0 Å². The average molecular weight is 369 g/mol. The molecule has 6 nitrogen and oxygen atoms in total. The molecule has 2 rings (SSSR count). The predicted octanol–water partition coefficient (Wildman–Crippen LogP) is 2.97. The van der Waals surface area contributed by atoms with Gasteiger partial charge < -0.3 is 20.2 Å². The summed E-state index contributed by atoms with van der Waals surface area (Å²) in [5.41, 5.74) is 3.35. The van der Waals surface area contributed by atoms with Crippen molar-refractivity contribution >= 4 is 12.0 Å². The maximum absolute atomic E-state index is 12.7. The molecular weight excluding hydrogens is 342 g/mol. The molecule has 0 saturated carbocycles. The molecule has 0 spiro atoms. The van der Waals surface area contributed by atoms with E-state index in [0.717, 1.165) is 17.7 Å². The van der Waals surface area contributed by atoms with Gasteiger partial charge in [-0.25, -0.2) is 9.59 Å². The second-order valence-corrected chi connectivity index (χ2v) is 6.87. The molecule has 6 heteroatoms. The Morgan fingerprint density at radius 1 is 1.00 bits per heavy atom. The molecule has 0 bridgehead atoms. The van der Waals surface area contributed by atoms with Gasteiger partial charge in [-0.1, -0.05) is 42.0 Å². The second kappa shape index (κ2) is 9.73. The van der Waals surface area contributed by atoms with Crippen LogP contribution in [-0.2, 0) is 13.1 Å². The molecular formula is C21H27N3O3. The Hall–Kier alpha value is -2.86. The highest BCUT2D eigenvalue weighted by atomic mass is 16.4. The van der Waals surface area contributed by atoms with E-state index in [4.69, 9.17) is 5.11 Å². The Labute approximate surface area is 160 Å². The molecule has 2 amide bonds. The number of rotatable bonds is 8. The summed E-state index contributed by atoms with van der Waals surface area (Å²) in [5, 5.41) is 11.9. The maximum Gasteiger partial charge on any atom is 0.335 e. The Balaban J connectivity index is 2.00. The van der Waals surface area contributed by atoms with Crippen LogP contribution in [0.2, 0.25) is 0 Å². The van der Waals surface area contributed by atoms with Gasteiger partial charge in [0.05, 0.1) is 5.56 Å². The number of amides is 2. The van der Waals surface area contributed by atoms with Gasteiger partial charge in [0, 0.05) is 26.2 Å². The summed E-state index contributed by atoms with van der Waals surface area (Å²) in [4.78, 5) is 27.4. The minimum atomic E-state index is -0.960. The van der Waals surface area contributed by atoms with Crippen molar-refractivity contribution in [2.24, 2.45) is 0 Å². The topological polar surface area (TPSA) is 72.9 Å². The first-order chi connectivity index (χ1) is 12.8. The molecule has 0 aromatic heterocycles. The van der Waals surface area contributed by atoms with Gasteiger partial charge in [-0.05, 0) is 44.3 Å². The Morgan fingerprint density at radius 3 is 2.30 bits per heavy atom. The van der Waals surface area contributed by atoms with Crippen LogP contribution in [0, 0.1) is 6.92 Å². The number of likely N-dealkylation sites (N-methyl/N-ethyl adjacent to an activating group) is 1. The Bertz CT molecular complexity index is 772. The van der Waals surface area contributed by atoms with Crippen molar-refractivity contribution in [1.29, 1.82) is 0 Å². The number of hydrogen-bond donors (Lipinski definition) is 2. The van der Waals surface area contributed by atoms with Crippen molar-refractivity contribution < 1.29 is 14.7 Å². The molecule has 0 radical (unpaired) electrons. The monoisotopic (exact) mass is 369 g/mol. The highest BCUT2D eigenvalue weighted by molar-refractivity contribution is 5.87. The summed E-state index contributed by atoms with van der Waals surface area (Å²) < 4.78 is 0. The number of nitrogens with zero attached hydrogens (tertiary/aromatic N) is 2. The van der Waals surface area contributed by atoms with Gasteiger partial charge in [-0.3, -0.25) is 0 Å².